The van der Waals surface area contributed by atoms with Gasteiger partial charge in [-0.05, 0) is 75.8 Å². The van der Waals surface area contributed by atoms with Crippen LogP contribution in [-0.4, -0.2) is 10.7 Å². The molecule has 0 aliphatic rings. The van der Waals surface area contributed by atoms with Gasteiger partial charge in [-0.2, -0.15) is 0 Å². The smallest absolute Gasteiger partial charge is 0.146 e. The van der Waals surface area contributed by atoms with Crippen LogP contribution in [-0.2, 0) is 6.42 Å². The summed E-state index contributed by atoms with van der Waals surface area (Å²) in [7, 11) is 0. The number of unbranched alkanes of at least 4 members (excludes halogenated alkanes) is 1. The molecule has 0 saturated carbocycles. The average Bonchev–Trinajstić information content (AvgIpc) is 3.19. The molecule has 0 radical (unpaired) electrons. The molecule has 1 aromatic heterocycles. The lowest BCUT2D eigenvalue weighted by Crippen LogP contribution is -2.01. The van der Waals surface area contributed by atoms with Crippen molar-refractivity contribution in [1.29, 1.82) is 0 Å². The van der Waals surface area contributed by atoms with Crippen LogP contribution in [0, 0.1) is 12.7 Å². The Morgan fingerprint density at radius 3 is 2.30 bits per heavy atom. The van der Waals surface area contributed by atoms with E-state index in [0.717, 1.165) is 48.7 Å². The second kappa shape index (κ2) is 14.3. The fourth-order valence-corrected chi connectivity index (χ4v) is 4.51. The lowest BCUT2D eigenvalue weighted by molar-refractivity contribution is 0.630. The van der Waals surface area contributed by atoms with Gasteiger partial charge >= 0.3 is 0 Å². The predicted octanol–water partition coefficient (Wildman–Crippen LogP) is 10.8. The number of allylic oxidation sites excluding steroid dienone is 3. The molecule has 0 saturated heterocycles. The highest BCUT2D eigenvalue weighted by Gasteiger charge is 2.19. The summed E-state index contributed by atoms with van der Waals surface area (Å²) in [6.07, 6.45) is 5.16. The highest BCUT2D eigenvalue weighted by atomic mass is 35.5. The van der Waals surface area contributed by atoms with Crippen LogP contribution in [0.2, 0.25) is 5.02 Å². The number of rotatable bonds is 9. The third kappa shape index (κ3) is 8.39. The van der Waals surface area contributed by atoms with Crippen molar-refractivity contribution in [3.63, 3.8) is 0 Å². The van der Waals surface area contributed by atoms with E-state index in [2.05, 4.69) is 68.5 Å². The average molecular weight is 527 g/mol. The van der Waals surface area contributed by atoms with E-state index in [1.165, 1.54) is 28.5 Å². The third-order valence-electron chi connectivity index (χ3n) is 6.43. The van der Waals surface area contributed by atoms with Crippen molar-refractivity contribution in [2.75, 3.05) is 0 Å². The van der Waals surface area contributed by atoms with Crippen molar-refractivity contribution in [3.05, 3.63) is 93.3 Å². The van der Waals surface area contributed by atoms with Gasteiger partial charge < -0.3 is 4.98 Å². The highest BCUT2D eigenvalue weighted by molar-refractivity contribution is 6.31. The maximum Gasteiger partial charge on any atom is 0.146 e. The molecule has 37 heavy (non-hydrogen) atoms. The van der Waals surface area contributed by atoms with Gasteiger partial charge in [0.2, 0.25) is 0 Å². The van der Waals surface area contributed by atoms with Crippen molar-refractivity contribution >= 4 is 28.2 Å². The van der Waals surface area contributed by atoms with Crippen LogP contribution < -0.4 is 0 Å². The molecule has 0 aliphatic heterocycles. The van der Waals surface area contributed by atoms with E-state index >= 15 is 0 Å². The zero-order chi connectivity index (χ0) is 27.7. The quantitative estimate of drug-likeness (QED) is 0.212. The molecule has 200 valence electrons. The number of nitrogens with one attached hydrogen (secondary N) is 1. The van der Waals surface area contributed by atoms with E-state index < -0.39 is 0 Å². The fraction of sp³-hybridized carbons (Fsp3) is 0.406. The molecule has 1 N–H and O–H groups in total. The second-order valence-electron chi connectivity index (χ2n) is 9.84. The number of aromatic nitrogens is 1. The van der Waals surface area contributed by atoms with Crippen LogP contribution in [0.5, 0.6) is 0 Å². The molecule has 0 fully saturated rings. The Morgan fingerprint density at radius 1 is 1.08 bits per heavy atom. The normalized spacial score (nSPS) is 13.2. The minimum Gasteiger partial charge on any atom is -0.358 e. The third-order valence-corrected chi connectivity index (χ3v) is 6.72. The summed E-state index contributed by atoms with van der Waals surface area (Å²) in [4.78, 5) is 7.60. The van der Waals surface area contributed by atoms with Gasteiger partial charge in [0, 0.05) is 28.2 Å². The van der Waals surface area contributed by atoms with E-state index in [4.69, 9.17) is 11.6 Å². The summed E-state index contributed by atoms with van der Waals surface area (Å²) >= 11 is 6.03. The Morgan fingerprint density at radius 2 is 1.73 bits per heavy atom. The van der Waals surface area contributed by atoms with E-state index in [1.54, 1.807) is 19.9 Å². The molecule has 2 nitrogen and oxygen atoms in total. The number of halogens is 3. The maximum atomic E-state index is 13.9. The largest absolute Gasteiger partial charge is 0.358 e. The molecule has 5 heteroatoms. The molecule has 0 bridgehead atoms. The maximum absolute atomic E-state index is 13.9. The summed E-state index contributed by atoms with van der Waals surface area (Å²) in [5, 5.41) is 1.23. The van der Waals surface area contributed by atoms with Gasteiger partial charge in [-0.1, -0.05) is 81.6 Å². The standard InChI is InChI=1S/C21H23ClFN.C11H18FN/c1-4-5-6-16-17-11-18(22)19(23)12-20(17)24-21(16)14(3)15-9-7-13(2)8-10-15;1-6-7-9(4)13-10(5)11(12)8(2)3/h7-12,14,24H,4-6H2,1-3H3;2,6-7H2,1,3-5H3/b;11-10+,13-9?. The number of hydrogen-bond donors (Lipinski definition) is 1. The van der Waals surface area contributed by atoms with Crippen LogP contribution in [0.25, 0.3) is 10.9 Å². The van der Waals surface area contributed by atoms with Crippen LogP contribution in [0.4, 0.5) is 8.78 Å². The Balaban J connectivity index is 0.000000317. The SMILES string of the molecule is C=C(C)/C(F)=C(/C)N=C(C)CCC.CCCCc1c(C(C)c2ccc(C)cc2)[nH]c2cc(F)c(Cl)cc12. The number of H-pyrrole nitrogens is 1. The predicted molar refractivity (Wildman–Crippen MR) is 157 cm³/mol. The lowest BCUT2D eigenvalue weighted by Gasteiger charge is -2.14. The molecule has 3 aromatic rings. The number of nitrogens with zero attached hydrogens (tertiary/aromatic N) is 1. The summed E-state index contributed by atoms with van der Waals surface area (Å²) in [6, 6.07) is 11.9. The van der Waals surface area contributed by atoms with E-state index in [1.807, 2.05) is 6.92 Å². The zero-order valence-corrected chi connectivity index (χ0v) is 24.1. The topological polar surface area (TPSA) is 28.1 Å². The lowest BCUT2D eigenvalue weighted by atomic mass is 9.92. The van der Waals surface area contributed by atoms with Gasteiger partial charge in [-0.15, -0.1) is 0 Å². The van der Waals surface area contributed by atoms with Gasteiger partial charge in [-0.25, -0.2) is 8.78 Å². The molecular weight excluding hydrogens is 486 g/mol. The molecule has 1 unspecified atom stereocenters. The Kier molecular flexibility index (Phi) is 11.8. The highest BCUT2D eigenvalue weighted by Crippen LogP contribution is 2.35. The number of hydrogen-bond acceptors (Lipinski definition) is 1. The molecule has 1 heterocycles. The first kappa shape index (κ1) is 30.5. The Hall–Kier alpha value is -2.72. The van der Waals surface area contributed by atoms with Crippen molar-refractivity contribution < 1.29 is 8.78 Å². The molecular formula is C32H41ClF2N2. The van der Waals surface area contributed by atoms with Crippen molar-refractivity contribution in [3.8, 4) is 0 Å². The number of fused-ring (bicyclic) bond motifs is 1. The van der Waals surface area contributed by atoms with E-state index in [0.29, 0.717) is 11.3 Å². The van der Waals surface area contributed by atoms with Gasteiger partial charge in [0.25, 0.3) is 0 Å². The molecule has 1 atom stereocenters. The minimum absolute atomic E-state index is 0.189. The van der Waals surface area contributed by atoms with Crippen molar-refractivity contribution in [2.45, 2.75) is 86.5 Å². The summed E-state index contributed by atoms with van der Waals surface area (Å²) < 4.78 is 27.1. The van der Waals surface area contributed by atoms with Crippen molar-refractivity contribution in [2.24, 2.45) is 4.99 Å². The Bertz CT molecular complexity index is 1270. The first-order valence-corrected chi connectivity index (χ1v) is 13.5. The first-order chi connectivity index (χ1) is 17.5. The van der Waals surface area contributed by atoms with Crippen LogP contribution in [0.1, 0.15) is 95.5 Å². The summed E-state index contributed by atoms with van der Waals surface area (Å²) in [5.74, 6) is -0.441. The van der Waals surface area contributed by atoms with Crippen molar-refractivity contribution in [1.82, 2.24) is 4.98 Å². The minimum atomic E-state index is -0.373. The number of aryl methyl sites for hydroxylation is 2. The Labute approximate surface area is 226 Å². The van der Waals surface area contributed by atoms with E-state index in [-0.39, 0.29) is 22.6 Å². The number of aromatic amines is 1. The molecule has 0 spiro atoms. The first-order valence-electron chi connectivity index (χ1n) is 13.1. The van der Waals surface area contributed by atoms with Crippen LogP contribution in [0.3, 0.4) is 0 Å². The zero-order valence-electron chi connectivity index (χ0n) is 23.4. The summed E-state index contributed by atoms with van der Waals surface area (Å²) in [5.41, 5.74) is 7.61. The van der Waals surface area contributed by atoms with Gasteiger partial charge in [0.15, 0.2) is 0 Å². The molecule has 0 aliphatic carbocycles. The second-order valence-corrected chi connectivity index (χ2v) is 10.2. The number of aliphatic imine (C=N–C) groups is 1. The monoisotopic (exact) mass is 526 g/mol. The van der Waals surface area contributed by atoms with Crippen LogP contribution in [0.15, 0.2) is 65.1 Å². The molecule has 3 rings (SSSR count). The molecule has 2 aromatic carbocycles. The summed E-state index contributed by atoms with van der Waals surface area (Å²) in [6.45, 7) is 17.3. The fourth-order valence-electron chi connectivity index (χ4n) is 4.34. The van der Waals surface area contributed by atoms with Gasteiger partial charge in [0.1, 0.15) is 11.6 Å². The van der Waals surface area contributed by atoms with Crippen LogP contribution >= 0.6 is 11.6 Å². The van der Waals surface area contributed by atoms with Gasteiger partial charge in [0.05, 0.1) is 10.7 Å². The van der Waals surface area contributed by atoms with Gasteiger partial charge in [-0.3, -0.25) is 4.99 Å². The van der Waals surface area contributed by atoms with E-state index in [9.17, 15) is 8.78 Å². The molecule has 0 amide bonds. The number of benzene rings is 2.